The van der Waals surface area contributed by atoms with Gasteiger partial charge in [-0.15, -0.1) is 0 Å². The van der Waals surface area contributed by atoms with Crippen molar-refractivity contribution in [2.45, 2.75) is 51.5 Å². The van der Waals surface area contributed by atoms with E-state index in [4.69, 9.17) is 5.73 Å². The van der Waals surface area contributed by atoms with E-state index in [2.05, 4.69) is 5.32 Å². The van der Waals surface area contributed by atoms with Crippen LogP contribution in [0.4, 0.5) is 0 Å². The standard InChI is InChI=1S/C13H25N3O2/c1-2-6-11(14)13(18)15-8-7-12(17)16-9-4-3-5-10-16/h11H,2-10,14H2,1H3,(H,15,18). The molecular weight excluding hydrogens is 230 g/mol. The van der Waals surface area contributed by atoms with Crippen molar-refractivity contribution < 1.29 is 9.59 Å². The van der Waals surface area contributed by atoms with Crippen molar-refractivity contribution >= 4 is 11.8 Å². The Balaban J connectivity index is 2.16. The number of carbonyl (C=O) groups excluding carboxylic acids is 2. The number of piperidine rings is 1. The van der Waals surface area contributed by atoms with Crippen LogP contribution in [0.5, 0.6) is 0 Å². The first-order chi connectivity index (χ1) is 8.65. The number of nitrogens with one attached hydrogen (secondary N) is 1. The van der Waals surface area contributed by atoms with Crippen LogP contribution in [0.25, 0.3) is 0 Å². The molecule has 0 aromatic heterocycles. The molecule has 18 heavy (non-hydrogen) atoms. The molecule has 0 saturated carbocycles. The van der Waals surface area contributed by atoms with E-state index in [0.717, 1.165) is 32.4 Å². The molecule has 5 heteroatoms. The van der Waals surface area contributed by atoms with Crippen LogP contribution in [0.3, 0.4) is 0 Å². The van der Waals surface area contributed by atoms with Gasteiger partial charge in [0.15, 0.2) is 0 Å². The van der Waals surface area contributed by atoms with Crippen molar-refractivity contribution in [3.63, 3.8) is 0 Å². The molecule has 0 bridgehead atoms. The van der Waals surface area contributed by atoms with Crippen molar-refractivity contribution in [2.24, 2.45) is 5.73 Å². The Bertz CT molecular complexity index is 275. The van der Waals surface area contributed by atoms with E-state index in [9.17, 15) is 9.59 Å². The molecule has 2 amide bonds. The van der Waals surface area contributed by atoms with Crippen LogP contribution in [0, 0.1) is 0 Å². The van der Waals surface area contributed by atoms with E-state index >= 15 is 0 Å². The first kappa shape index (κ1) is 15.0. The number of hydrogen-bond donors (Lipinski definition) is 2. The second-order valence-corrected chi connectivity index (χ2v) is 4.88. The molecule has 5 nitrogen and oxygen atoms in total. The van der Waals surface area contributed by atoms with E-state index in [0.29, 0.717) is 19.4 Å². The number of hydrogen-bond acceptors (Lipinski definition) is 3. The van der Waals surface area contributed by atoms with Gasteiger partial charge in [0.1, 0.15) is 0 Å². The van der Waals surface area contributed by atoms with Gasteiger partial charge in [-0.3, -0.25) is 9.59 Å². The molecule has 1 unspecified atom stereocenters. The SMILES string of the molecule is CCCC(N)C(=O)NCCC(=O)N1CCCCC1. The molecule has 104 valence electrons. The molecule has 0 aliphatic carbocycles. The monoisotopic (exact) mass is 255 g/mol. The lowest BCUT2D eigenvalue weighted by atomic mass is 10.1. The van der Waals surface area contributed by atoms with Crippen LogP contribution < -0.4 is 11.1 Å². The van der Waals surface area contributed by atoms with E-state index in [1.807, 2.05) is 11.8 Å². The highest BCUT2D eigenvalue weighted by Gasteiger charge is 2.17. The predicted octanol–water partition coefficient (Wildman–Crippen LogP) is 0.633. The summed E-state index contributed by atoms with van der Waals surface area (Å²) in [5.74, 6) is -0.0117. The lowest BCUT2D eigenvalue weighted by Crippen LogP contribution is -2.42. The summed E-state index contributed by atoms with van der Waals surface area (Å²) in [7, 11) is 0. The molecule has 1 fully saturated rings. The van der Waals surface area contributed by atoms with Crippen LogP contribution in [0.2, 0.25) is 0 Å². The first-order valence-corrected chi connectivity index (χ1v) is 6.96. The van der Waals surface area contributed by atoms with Gasteiger partial charge in [0.2, 0.25) is 11.8 Å². The van der Waals surface area contributed by atoms with E-state index in [1.165, 1.54) is 6.42 Å². The lowest BCUT2D eigenvalue weighted by Gasteiger charge is -2.26. The molecule has 1 heterocycles. The molecule has 1 aliphatic heterocycles. The Hall–Kier alpha value is -1.10. The number of nitrogens with two attached hydrogens (primary N) is 1. The predicted molar refractivity (Wildman–Crippen MR) is 70.9 cm³/mol. The number of carbonyl (C=O) groups is 2. The zero-order valence-electron chi connectivity index (χ0n) is 11.3. The van der Waals surface area contributed by atoms with Gasteiger partial charge in [-0.2, -0.15) is 0 Å². The minimum atomic E-state index is -0.444. The number of likely N-dealkylation sites (tertiary alicyclic amines) is 1. The summed E-state index contributed by atoms with van der Waals surface area (Å²) in [5.41, 5.74) is 5.68. The fourth-order valence-corrected chi connectivity index (χ4v) is 2.17. The van der Waals surface area contributed by atoms with Crippen LogP contribution in [-0.2, 0) is 9.59 Å². The van der Waals surface area contributed by atoms with Gasteiger partial charge in [-0.25, -0.2) is 0 Å². The molecule has 1 aliphatic rings. The number of rotatable bonds is 6. The van der Waals surface area contributed by atoms with Gasteiger partial charge < -0.3 is 16.0 Å². The molecule has 1 rings (SSSR count). The third-order valence-corrected chi connectivity index (χ3v) is 3.28. The fraction of sp³-hybridized carbons (Fsp3) is 0.846. The highest BCUT2D eigenvalue weighted by Crippen LogP contribution is 2.09. The Kier molecular flexibility index (Phi) is 6.72. The maximum absolute atomic E-state index is 11.8. The van der Waals surface area contributed by atoms with Crippen molar-refractivity contribution in [1.29, 1.82) is 0 Å². The normalized spacial score (nSPS) is 17.3. The Morgan fingerprint density at radius 1 is 1.28 bits per heavy atom. The minimum absolute atomic E-state index is 0.138. The Morgan fingerprint density at radius 3 is 2.56 bits per heavy atom. The Morgan fingerprint density at radius 2 is 1.94 bits per heavy atom. The van der Waals surface area contributed by atoms with Crippen molar-refractivity contribution in [2.75, 3.05) is 19.6 Å². The second-order valence-electron chi connectivity index (χ2n) is 4.88. The van der Waals surface area contributed by atoms with Gasteiger partial charge >= 0.3 is 0 Å². The first-order valence-electron chi connectivity index (χ1n) is 6.96. The molecule has 0 aromatic carbocycles. The van der Waals surface area contributed by atoms with Crippen molar-refractivity contribution in [1.82, 2.24) is 10.2 Å². The third kappa shape index (κ3) is 5.04. The van der Waals surface area contributed by atoms with Crippen LogP contribution >= 0.6 is 0 Å². The number of nitrogens with zero attached hydrogens (tertiary/aromatic N) is 1. The topological polar surface area (TPSA) is 75.4 Å². The summed E-state index contributed by atoms with van der Waals surface area (Å²) in [6, 6.07) is -0.444. The molecule has 0 aromatic rings. The molecule has 0 radical (unpaired) electrons. The summed E-state index contributed by atoms with van der Waals surface area (Å²) in [4.78, 5) is 25.2. The van der Waals surface area contributed by atoms with E-state index in [-0.39, 0.29) is 11.8 Å². The quantitative estimate of drug-likeness (QED) is 0.731. The summed E-state index contributed by atoms with van der Waals surface area (Å²) < 4.78 is 0. The van der Waals surface area contributed by atoms with Gasteiger partial charge in [-0.1, -0.05) is 13.3 Å². The number of amides is 2. The summed E-state index contributed by atoms with van der Waals surface area (Å²) in [6.07, 6.45) is 5.36. The lowest BCUT2D eigenvalue weighted by molar-refractivity contribution is -0.132. The Labute approximate surface area is 109 Å². The molecule has 1 atom stereocenters. The fourth-order valence-electron chi connectivity index (χ4n) is 2.17. The zero-order chi connectivity index (χ0) is 13.4. The van der Waals surface area contributed by atoms with Crippen LogP contribution in [0.15, 0.2) is 0 Å². The second kappa shape index (κ2) is 8.08. The molecule has 0 spiro atoms. The highest BCUT2D eigenvalue weighted by molar-refractivity contribution is 5.82. The zero-order valence-corrected chi connectivity index (χ0v) is 11.3. The van der Waals surface area contributed by atoms with Gasteiger partial charge in [0.05, 0.1) is 6.04 Å². The van der Waals surface area contributed by atoms with Gasteiger partial charge in [-0.05, 0) is 25.7 Å². The molecular formula is C13H25N3O2. The summed E-state index contributed by atoms with van der Waals surface area (Å²) >= 11 is 0. The average Bonchev–Trinajstić information content (AvgIpc) is 2.39. The van der Waals surface area contributed by atoms with Crippen LogP contribution in [-0.4, -0.2) is 42.4 Å². The van der Waals surface area contributed by atoms with E-state index in [1.54, 1.807) is 0 Å². The average molecular weight is 255 g/mol. The highest BCUT2D eigenvalue weighted by atomic mass is 16.2. The molecule has 1 saturated heterocycles. The largest absolute Gasteiger partial charge is 0.354 e. The van der Waals surface area contributed by atoms with Gasteiger partial charge in [0.25, 0.3) is 0 Å². The van der Waals surface area contributed by atoms with Crippen LogP contribution in [0.1, 0.15) is 45.4 Å². The summed E-state index contributed by atoms with van der Waals surface area (Å²) in [5, 5.41) is 2.73. The minimum Gasteiger partial charge on any atom is -0.354 e. The maximum atomic E-state index is 11.8. The summed E-state index contributed by atoms with van der Waals surface area (Å²) in [6.45, 7) is 4.11. The van der Waals surface area contributed by atoms with Crippen molar-refractivity contribution in [3.8, 4) is 0 Å². The molecule has 3 N–H and O–H groups in total. The van der Waals surface area contributed by atoms with Crippen molar-refractivity contribution in [3.05, 3.63) is 0 Å². The third-order valence-electron chi connectivity index (χ3n) is 3.28. The van der Waals surface area contributed by atoms with Gasteiger partial charge in [0, 0.05) is 26.1 Å². The van der Waals surface area contributed by atoms with E-state index < -0.39 is 6.04 Å². The smallest absolute Gasteiger partial charge is 0.236 e. The maximum Gasteiger partial charge on any atom is 0.236 e.